The first kappa shape index (κ1) is 24.6. The van der Waals surface area contributed by atoms with Crippen molar-refractivity contribution in [3.05, 3.63) is 75.8 Å². The number of para-hydroxylation sites is 1. The molecule has 0 aromatic heterocycles. The number of alkyl halides is 3. The first-order valence-corrected chi connectivity index (χ1v) is 9.67. The van der Waals surface area contributed by atoms with Crippen LogP contribution in [0.5, 0.6) is 0 Å². The number of rotatable bonds is 10. The van der Waals surface area contributed by atoms with Crippen molar-refractivity contribution < 1.29 is 32.4 Å². The first-order chi connectivity index (χ1) is 15.2. The van der Waals surface area contributed by atoms with Gasteiger partial charge in [-0.25, -0.2) is 4.79 Å². The van der Waals surface area contributed by atoms with Crippen LogP contribution < -0.4 is 5.32 Å². The monoisotopic (exact) mass is 453 g/mol. The predicted octanol–water partition coefficient (Wildman–Crippen LogP) is 4.19. The summed E-state index contributed by atoms with van der Waals surface area (Å²) in [4.78, 5) is 35.0. The number of carbonyl (C=O) groups excluding carboxylic acids is 2. The van der Waals surface area contributed by atoms with Gasteiger partial charge in [-0.3, -0.25) is 14.9 Å². The summed E-state index contributed by atoms with van der Waals surface area (Å²) < 4.78 is 43.8. The number of amides is 2. The highest BCUT2D eigenvalue weighted by Crippen LogP contribution is 2.23. The minimum Gasteiger partial charge on any atom is -0.445 e. The number of hydrogen-bond acceptors (Lipinski definition) is 5. The molecule has 0 fully saturated rings. The van der Waals surface area contributed by atoms with Crippen molar-refractivity contribution in [3.63, 3.8) is 0 Å². The Morgan fingerprint density at radius 2 is 1.72 bits per heavy atom. The van der Waals surface area contributed by atoms with Gasteiger partial charge in [0.15, 0.2) is 0 Å². The van der Waals surface area contributed by atoms with Gasteiger partial charge in [-0.05, 0) is 12.0 Å². The molecule has 0 saturated heterocycles. The van der Waals surface area contributed by atoms with E-state index in [-0.39, 0.29) is 37.2 Å². The van der Waals surface area contributed by atoms with Crippen LogP contribution in [0.2, 0.25) is 0 Å². The van der Waals surface area contributed by atoms with E-state index >= 15 is 0 Å². The summed E-state index contributed by atoms with van der Waals surface area (Å²) in [7, 11) is 0. The molecule has 2 aromatic carbocycles. The molecule has 2 rings (SSSR count). The van der Waals surface area contributed by atoms with Crippen molar-refractivity contribution in [2.75, 3.05) is 13.1 Å². The highest BCUT2D eigenvalue weighted by Gasteiger charge is 2.33. The van der Waals surface area contributed by atoms with Crippen molar-refractivity contribution in [2.45, 2.75) is 32.2 Å². The predicted molar refractivity (Wildman–Crippen MR) is 108 cm³/mol. The number of nitro benzene ring substituents is 1. The van der Waals surface area contributed by atoms with Gasteiger partial charge in [0, 0.05) is 24.6 Å². The van der Waals surface area contributed by atoms with Crippen LogP contribution in [0.1, 0.15) is 24.0 Å². The van der Waals surface area contributed by atoms with Gasteiger partial charge in [0.25, 0.3) is 5.69 Å². The van der Waals surface area contributed by atoms with Gasteiger partial charge >= 0.3 is 12.3 Å². The summed E-state index contributed by atoms with van der Waals surface area (Å²) in [6, 6.07) is 14.3. The van der Waals surface area contributed by atoms with Gasteiger partial charge in [0.1, 0.15) is 13.2 Å². The number of carbonyl (C=O) groups is 2. The van der Waals surface area contributed by atoms with E-state index in [9.17, 15) is 32.9 Å². The Kier molecular flexibility index (Phi) is 8.99. The lowest BCUT2D eigenvalue weighted by molar-refractivity contribution is -0.385. The number of nitrogens with zero attached hydrogens (tertiary/aromatic N) is 2. The molecule has 0 radical (unpaired) electrons. The third kappa shape index (κ3) is 8.62. The fraction of sp³-hybridized carbons (Fsp3) is 0.333. The van der Waals surface area contributed by atoms with E-state index in [4.69, 9.17) is 4.74 Å². The SMILES string of the molecule is O=C(NCCCC(=O)N(Cc1ccccc1[N+](=O)[O-])CC(F)(F)F)OCc1ccccc1. The average Bonchev–Trinajstić information content (AvgIpc) is 2.74. The summed E-state index contributed by atoms with van der Waals surface area (Å²) in [5.74, 6) is -0.833. The van der Waals surface area contributed by atoms with E-state index in [0.29, 0.717) is 4.90 Å². The Hall–Kier alpha value is -3.63. The molecule has 8 nitrogen and oxygen atoms in total. The molecule has 11 heteroatoms. The zero-order valence-electron chi connectivity index (χ0n) is 17.0. The summed E-state index contributed by atoms with van der Waals surface area (Å²) in [5, 5.41) is 13.5. The second-order valence-corrected chi connectivity index (χ2v) is 6.84. The molecule has 172 valence electrons. The zero-order chi connectivity index (χ0) is 23.6. The van der Waals surface area contributed by atoms with Crippen LogP contribution in [-0.2, 0) is 22.7 Å². The molecule has 2 aromatic rings. The summed E-state index contributed by atoms with van der Waals surface area (Å²) in [5.41, 5.74) is 0.420. The second-order valence-electron chi connectivity index (χ2n) is 6.84. The topological polar surface area (TPSA) is 102 Å². The molecule has 0 aliphatic carbocycles. The fourth-order valence-corrected chi connectivity index (χ4v) is 2.84. The molecule has 1 N–H and O–H groups in total. The average molecular weight is 453 g/mol. The molecular formula is C21H22F3N3O5. The van der Waals surface area contributed by atoms with Gasteiger partial charge < -0.3 is 15.0 Å². The Morgan fingerprint density at radius 1 is 1.06 bits per heavy atom. The maximum absolute atomic E-state index is 12.9. The van der Waals surface area contributed by atoms with Crippen LogP contribution in [-0.4, -0.2) is 41.1 Å². The van der Waals surface area contributed by atoms with Crippen LogP contribution in [0, 0.1) is 10.1 Å². The number of nitro groups is 1. The molecule has 0 atom stereocenters. The maximum atomic E-state index is 12.9. The van der Waals surface area contributed by atoms with Gasteiger partial charge in [0.05, 0.1) is 11.5 Å². The van der Waals surface area contributed by atoms with E-state index in [1.54, 1.807) is 24.3 Å². The van der Waals surface area contributed by atoms with Gasteiger partial charge in [-0.2, -0.15) is 13.2 Å². The van der Waals surface area contributed by atoms with E-state index < -0.39 is 36.2 Å². The van der Waals surface area contributed by atoms with Crippen LogP contribution in [0.4, 0.5) is 23.7 Å². The molecule has 0 saturated carbocycles. The quantitative estimate of drug-likeness (QED) is 0.330. The minimum atomic E-state index is -4.67. The Balaban J connectivity index is 1.86. The molecule has 0 unspecified atom stereocenters. The van der Waals surface area contributed by atoms with Crippen LogP contribution in [0.25, 0.3) is 0 Å². The van der Waals surface area contributed by atoms with Crippen molar-refractivity contribution in [1.82, 2.24) is 10.2 Å². The van der Waals surface area contributed by atoms with E-state index in [1.807, 2.05) is 6.07 Å². The molecule has 0 heterocycles. The number of halogens is 3. The van der Waals surface area contributed by atoms with E-state index in [2.05, 4.69) is 5.32 Å². The lowest BCUT2D eigenvalue weighted by Gasteiger charge is -2.24. The molecule has 0 aliphatic heterocycles. The molecule has 0 spiro atoms. The molecule has 2 amide bonds. The number of alkyl carbamates (subject to hydrolysis) is 1. The van der Waals surface area contributed by atoms with Crippen molar-refractivity contribution in [2.24, 2.45) is 0 Å². The summed E-state index contributed by atoms with van der Waals surface area (Å²) in [6.07, 6.45) is -5.59. The molecule has 0 bridgehead atoms. The molecule has 32 heavy (non-hydrogen) atoms. The second kappa shape index (κ2) is 11.7. The van der Waals surface area contributed by atoms with Crippen molar-refractivity contribution in [1.29, 1.82) is 0 Å². The molecular weight excluding hydrogens is 431 g/mol. The number of ether oxygens (including phenoxy) is 1. The highest BCUT2D eigenvalue weighted by molar-refractivity contribution is 5.76. The standard InChI is InChI=1S/C21H22F3N3O5/c22-21(23,24)15-26(13-17-9-4-5-10-18(17)27(30)31)19(28)11-6-12-25-20(29)32-14-16-7-2-1-3-8-16/h1-5,7-10H,6,11-15H2,(H,25,29). The number of benzene rings is 2. The van der Waals surface area contributed by atoms with E-state index in [0.717, 1.165) is 11.6 Å². The zero-order valence-corrected chi connectivity index (χ0v) is 17.0. The van der Waals surface area contributed by atoms with Gasteiger partial charge in [-0.1, -0.05) is 48.5 Å². The summed E-state index contributed by atoms with van der Waals surface area (Å²) >= 11 is 0. The third-order valence-corrected chi connectivity index (χ3v) is 4.32. The molecule has 0 aliphatic rings. The van der Waals surface area contributed by atoms with Crippen LogP contribution >= 0.6 is 0 Å². The number of hydrogen-bond donors (Lipinski definition) is 1. The lowest BCUT2D eigenvalue weighted by Crippen LogP contribution is -2.39. The van der Waals surface area contributed by atoms with Crippen molar-refractivity contribution >= 4 is 17.7 Å². The van der Waals surface area contributed by atoms with Gasteiger partial charge in [0.2, 0.25) is 5.91 Å². The van der Waals surface area contributed by atoms with E-state index in [1.165, 1.54) is 18.2 Å². The first-order valence-electron chi connectivity index (χ1n) is 9.67. The van der Waals surface area contributed by atoms with Crippen LogP contribution in [0.15, 0.2) is 54.6 Å². The maximum Gasteiger partial charge on any atom is 0.407 e. The Bertz CT molecular complexity index is 922. The normalized spacial score (nSPS) is 11.0. The largest absolute Gasteiger partial charge is 0.445 e. The van der Waals surface area contributed by atoms with Crippen molar-refractivity contribution in [3.8, 4) is 0 Å². The minimum absolute atomic E-state index is 0.00212. The lowest BCUT2D eigenvalue weighted by atomic mass is 10.1. The third-order valence-electron chi connectivity index (χ3n) is 4.32. The van der Waals surface area contributed by atoms with Gasteiger partial charge in [-0.15, -0.1) is 0 Å². The smallest absolute Gasteiger partial charge is 0.407 e. The summed E-state index contributed by atoms with van der Waals surface area (Å²) in [6.45, 7) is -2.02. The van der Waals surface area contributed by atoms with Crippen LogP contribution in [0.3, 0.4) is 0 Å². The fourth-order valence-electron chi connectivity index (χ4n) is 2.84. The number of nitrogens with one attached hydrogen (secondary N) is 1. The Labute approximate surface area is 182 Å². The highest BCUT2D eigenvalue weighted by atomic mass is 19.4. The Morgan fingerprint density at radius 3 is 2.38 bits per heavy atom.